The van der Waals surface area contributed by atoms with E-state index >= 15 is 0 Å². The second kappa shape index (κ2) is 7.40. The molecule has 24 heavy (non-hydrogen) atoms. The summed E-state index contributed by atoms with van der Waals surface area (Å²) < 4.78 is 0.897. The Hall–Kier alpha value is -2.47. The van der Waals surface area contributed by atoms with E-state index in [0.29, 0.717) is 22.5 Å². The SMILES string of the molecule is O=C(c1ccc(Br)cc1)c1ccccc1[NH+]([O-])Nc1ccccc1. The largest absolute Gasteiger partial charge is 0.603 e. The molecule has 0 heterocycles. The van der Waals surface area contributed by atoms with Crippen LogP contribution in [-0.2, 0) is 0 Å². The molecule has 1 atom stereocenters. The second-order valence-electron chi connectivity index (χ2n) is 5.20. The number of carbonyl (C=O) groups excluding carboxylic acids is 1. The van der Waals surface area contributed by atoms with E-state index in [1.807, 2.05) is 18.2 Å². The maximum absolute atomic E-state index is 12.7. The molecule has 0 aliphatic heterocycles. The van der Waals surface area contributed by atoms with Gasteiger partial charge in [0.25, 0.3) is 0 Å². The number of anilines is 1. The van der Waals surface area contributed by atoms with Crippen LogP contribution in [0.1, 0.15) is 15.9 Å². The van der Waals surface area contributed by atoms with E-state index in [1.54, 1.807) is 60.7 Å². The summed E-state index contributed by atoms with van der Waals surface area (Å²) in [4.78, 5) is 12.7. The Labute approximate surface area is 148 Å². The molecule has 0 radical (unpaired) electrons. The zero-order valence-corrected chi connectivity index (χ0v) is 14.3. The minimum atomic E-state index is -0.303. The summed E-state index contributed by atoms with van der Waals surface area (Å²) in [5, 5.41) is 12.3. The highest BCUT2D eigenvalue weighted by atomic mass is 79.9. The van der Waals surface area contributed by atoms with Gasteiger partial charge < -0.3 is 5.21 Å². The summed E-state index contributed by atoms with van der Waals surface area (Å²) in [5.74, 6) is -0.179. The normalized spacial score (nSPS) is 11.8. The average molecular weight is 383 g/mol. The minimum Gasteiger partial charge on any atom is -0.603 e. The fraction of sp³-hybridized carbons (Fsp3) is 0. The molecule has 3 aromatic carbocycles. The molecule has 0 fully saturated rings. The molecule has 0 saturated heterocycles. The molecule has 0 aliphatic carbocycles. The van der Waals surface area contributed by atoms with E-state index < -0.39 is 0 Å². The molecule has 5 heteroatoms. The summed E-state index contributed by atoms with van der Waals surface area (Å²) in [6.45, 7) is 0. The Kier molecular flexibility index (Phi) is 5.05. The zero-order valence-electron chi connectivity index (χ0n) is 12.7. The Bertz CT molecular complexity index is 836. The van der Waals surface area contributed by atoms with Crippen molar-refractivity contribution in [3.05, 3.63) is 99.7 Å². The monoisotopic (exact) mass is 382 g/mol. The van der Waals surface area contributed by atoms with Crippen molar-refractivity contribution in [3.63, 3.8) is 0 Å². The molecule has 0 saturated carbocycles. The van der Waals surface area contributed by atoms with Gasteiger partial charge in [-0.3, -0.25) is 4.79 Å². The number of hydrogen-bond acceptors (Lipinski definition) is 3. The number of benzene rings is 3. The van der Waals surface area contributed by atoms with Crippen molar-refractivity contribution in [2.24, 2.45) is 0 Å². The van der Waals surface area contributed by atoms with Gasteiger partial charge in [-0.05, 0) is 42.5 Å². The fourth-order valence-corrected chi connectivity index (χ4v) is 2.62. The van der Waals surface area contributed by atoms with Crippen molar-refractivity contribution in [2.75, 3.05) is 5.43 Å². The topological polar surface area (TPSA) is 56.6 Å². The van der Waals surface area contributed by atoms with Gasteiger partial charge in [-0.2, -0.15) is 0 Å². The minimum absolute atomic E-state index is 0.179. The lowest BCUT2D eigenvalue weighted by Crippen LogP contribution is -3.06. The van der Waals surface area contributed by atoms with Crippen molar-refractivity contribution in [1.82, 2.24) is 0 Å². The summed E-state index contributed by atoms with van der Waals surface area (Å²) in [6, 6.07) is 23.1. The van der Waals surface area contributed by atoms with Gasteiger partial charge in [0.2, 0.25) is 0 Å². The lowest BCUT2D eigenvalue weighted by atomic mass is 10.0. The lowest BCUT2D eigenvalue weighted by molar-refractivity contribution is -0.749. The van der Waals surface area contributed by atoms with E-state index in [0.717, 1.165) is 4.47 Å². The van der Waals surface area contributed by atoms with Crippen molar-refractivity contribution in [1.29, 1.82) is 0 Å². The maximum atomic E-state index is 12.7. The maximum Gasteiger partial charge on any atom is 0.199 e. The molecule has 0 amide bonds. The highest BCUT2D eigenvalue weighted by molar-refractivity contribution is 9.10. The molecule has 4 nitrogen and oxygen atoms in total. The molecular weight excluding hydrogens is 368 g/mol. The first kappa shape index (κ1) is 16.4. The van der Waals surface area contributed by atoms with Gasteiger partial charge in [0.1, 0.15) is 0 Å². The van der Waals surface area contributed by atoms with E-state index in [1.165, 1.54) is 0 Å². The molecule has 0 bridgehead atoms. The third-order valence-corrected chi connectivity index (χ3v) is 4.08. The van der Waals surface area contributed by atoms with Crippen LogP contribution in [0.3, 0.4) is 0 Å². The van der Waals surface area contributed by atoms with Gasteiger partial charge in [-0.15, -0.1) is 0 Å². The second-order valence-corrected chi connectivity index (χ2v) is 6.12. The van der Waals surface area contributed by atoms with E-state index in [-0.39, 0.29) is 11.0 Å². The number of nitrogens with one attached hydrogen (secondary N) is 2. The van der Waals surface area contributed by atoms with Gasteiger partial charge in [-0.25, -0.2) is 10.6 Å². The van der Waals surface area contributed by atoms with Crippen LogP contribution in [0.2, 0.25) is 0 Å². The number of carbonyl (C=O) groups is 1. The molecule has 0 spiro atoms. The lowest BCUT2D eigenvalue weighted by Gasteiger charge is -2.24. The van der Waals surface area contributed by atoms with Crippen LogP contribution < -0.4 is 10.6 Å². The molecule has 0 aromatic heterocycles. The highest BCUT2D eigenvalue weighted by Crippen LogP contribution is 2.18. The number of halogens is 1. The van der Waals surface area contributed by atoms with Gasteiger partial charge >= 0.3 is 0 Å². The molecular formula is C19H15BrN2O2. The van der Waals surface area contributed by atoms with Gasteiger partial charge in [-0.1, -0.05) is 46.3 Å². The predicted octanol–water partition coefficient (Wildman–Crippen LogP) is 3.72. The molecule has 3 aromatic rings. The highest BCUT2D eigenvalue weighted by Gasteiger charge is 2.18. The van der Waals surface area contributed by atoms with Crippen LogP contribution >= 0.6 is 15.9 Å². The van der Waals surface area contributed by atoms with E-state index in [9.17, 15) is 10.0 Å². The molecule has 1 unspecified atom stereocenters. The van der Waals surface area contributed by atoms with E-state index in [4.69, 9.17) is 0 Å². The zero-order chi connectivity index (χ0) is 16.9. The Morgan fingerprint density at radius 1 is 0.875 bits per heavy atom. The predicted molar refractivity (Wildman–Crippen MR) is 98.1 cm³/mol. The summed E-state index contributed by atoms with van der Waals surface area (Å²) >= 11 is 3.35. The van der Waals surface area contributed by atoms with Crippen molar-refractivity contribution >= 4 is 33.1 Å². The number of ketones is 1. The third kappa shape index (κ3) is 3.71. The van der Waals surface area contributed by atoms with Crippen molar-refractivity contribution < 1.29 is 9.97 Å². The summed E-state index contributed by atoms with van der Waals surface area (Å²) in [6.07, 6.45) is 0. The number of quaternary nitrogens is 1. The Morgan fingerprint density at radius 2 is 1.50 bits per heavy atom. The van der Waals surface area contributed by atoms with Crippen LogP contribution in [0.5, 0.6) is 0 Å². The van der Waals surface area contributed by atoms with Gasteiger partial charge in [0.15, 0.2) is 11.5 Å². The Morgan fingerprint density at radius 3 is 2.21 bits per heavy atom. The molecule has 120 valence electrons. The fourth-order valence-electron chi connectivity index (χ4n) is 2.36. The quantitative estimate of drug-likeness (QED) is 0.522. The van der Waals surface area contributed by atoms with Crippen LogP contribution in [-0.4, -0.2) is 5.78 Å². The number of hydrogen-bond donors (Lipinski definition) is 2. The van der Waals surface area contributed by atoms with Gasteiger partial charge in [0.05, 0.1) is 11.3 Å². The molecule has 2 N–H and O–H groups in total. The average Bonchev–Trinajstić information content (AvgIpc) is 2.62. The van der Waals surface area contributed by atoms with Crippen molar-refractivity contribution in [3.8, 4) is 0 Å². The van der Waals surface area contributed by atoms with Crippen molar-refractivity contribution in [2.45, 2.75) is 0 Å². The summed E-state index contributed by atoms with van der Waals surface area (Å²) in [7, 11) is 0. The van der Waals surface area contributed by atoms with Gasteiger partial charge in [0, 0.05) is 16.1 Å². The van der Waals surface area contributed by atoms with Crippen LogP contribution in [0, 0.1) is 5.21 Å². The molecule has 0 aliphatic rings. The summed E-state index contributed by atoms with van der Waals surface area (Å²) in [5.41, 5.74) is 4.78. The number of para-hydroxylation sites is 2. The van der Waals surface area contributed by atoms with Crippen LogP contribution in [0.25, 0.3) is 0 Å². The first-order chi connectivity index (χ1) is 11.6. The van der Waals surface area contributed by atoms with Crippen LogP contribution in [0.15, 0.2) is 83.3 Å². The number of rotatable bonds is 5. The standard InChI is InChI=1S/C19H15BrN2O2/c20-15-12-10-14(11-13-15)19(23)17-8-4-5-9-18(17)22(24)21-16-6-2-1-3-7-16/h1-13,21-22H. The molecule has 3 rings (SSSR count). The smallest absolute Gasteiger partial charge is 0.199 e. The third-order valence-electron chi connectivity index (χ3n) is 3.55. The first-order valence-electron chi connectivity index (χ1n) is 7.41. The Balaban J connectivity index is 1.90. The first-order valence-corrected chi connectivity index (χ1v) is 8.20. The van der Waals surface area contributed by atoms with E-state index in [2.05, 4.69) is 21.4 Å². The van der Waals surface area contributed by atoms with Crippen LogP contribution in [0.4, 0.5) is 11.4 Å².